The molecule has 6 nitrogen and oxygen atoms in total. The molecule has 2 heterocycles. The molecule has 0 unspecified atom stereocenters. The summed E-state index contributed by atoms with van der Waals surface area (Å²) in [5, 5.41) is -0.133. The normalized spacial score (nSPS) is 11.1. The van der Waals surface area contributed by atoms with Gasteiger partial charge in [0.15, 0.2) is 6.61 Å². The Labute approximate surface area is 166 Å². The molecule has 0 aliphatic rings. The Kier molecular flexibility index (Phi) is 8.13. The number of ketones is 1. The first kappa shape index (κ1) is 22.0. The van der Waals surface area contributed by atoms with E-state index in [4.69, 9.17) is 9.47 Å². The topological polar surface area (TPSA) is 70.4 Å². The van der Waals surface area contributed by atoms with Crippen LogP contribution in [0.1, 0.15) is 38.5 Å². The summed E-state index contributed by atoms with van der Waals surface area (Å²) in [6, 6.07) is 4.54. The molecule has 0 atom stereocenters. The average Bonchev–Trinajstić information content (AvgIpc) is 2.94. The van der Waals surface area contributed by atoms with Crippen molar-refractivity contribution in [3.05, 3.63) is 46.9 Å². The summed E-state index contributed by atoms with van der Waals surface area (Å²) < 4.78 is 37.3. The van der Waals surface area contributed by atoms with Crippen molar-refractivity contribution in [3.8, 4) is 0 Å². The number of pyridine rings is 1. The average molecular weight is 412 g/mol. The first-order chi connectivity index (χ1) is 13.3. The van der Waals surface area contributed by atoms with E-state index in [2.05, 4.69) is 4.98 Å². The maximum atomic E-state index is 12.6. The number of Topliss-reactive ketones (excluding diaryl/α,β-unsaturated/α-hetero) is 1. The molecule has 2 rings (SSSR count). The molecule has 0 saturated heterocycles. The van der Waals surface area contributed by atoms with Crippen LogP contribution in [0.4, 0.5) is 8.78 Å². The number of ether oxygens (including phenoxy) is 2. The SMILES string of the molecule is COCCCn1c(C)cc(C(=O)COC(=O)c2cccnc2SC(F)F)c1C. The number of carbonyl (C=O) groups is 2. The number of hydrogen-bond acceptors (Lipinski definition) is 6. The van der Waals surface area contributed by atoms with Gasteiger partial charge in [-0.1, -0.05) is 0 Å². The Morgan fingerprint density at radius 1 is 1.29 bits per heavy atom. The number of hydrogen-bond donors (Lipinski definition) is 0. The third kappa shape index (κ3) is 5.62. The first-order valence-corrected chi connectivity index (χ1v) is 9.49. The van der Waals surface area contributed by atoms with E-state index >= 15 is 0 Å². The summed E-state index contributed by atoms with van der Waals surface area (Å²) >= 11 is 0.157. The summed E-state index contributed by atoms with van der Waals surface area (Å²) in [6.45, 7) is 4.57. The molecule has 9 heteroatoms. The molecule has 0 fully saturated rings. The highest BCUT2D eigenvalue weighted by atomic mass is 32.2. The molecule has 152 valence electrons. The zero-order valence-corrected chi connectivity index (χ0v) is 16.7. The van der Waals surface area contributed by atoms with E-state index < -0.39 is 18.3 Å². The van der Waals surface area contributed by atoms with Gasteiger partial charge in [-0.15, -0.1) is 0 Å². The molecule has 0 N–H and O–H groups in total. The van der Waals surface area contributed by atoms with Crippen molar-refractivity contribution < 1.29 is 27.8 Å². The quantitative estimate of drug-likeness (QED) is 0.255. The van der Waals surface area contributed by atoms with Crippen molar-refractivity contribution in [2.24, 2.45) is 0 Å². The number of esters is 1. The van der Waals surface area contributed by atoms with Gasteiger partial charge in [-0.2, -0.15) is 8.78 Å². The highest BCUT2D eigenvalue weighted by Crippen LogP contribution is 2.26. The lowest BCUT2D eigenvalue weighted by Gasteiger charge is -2.10. The minimum atomic E-state index is -2.72. The molecule has 28 heavy (non-hydrogen) atoms. The number of aryl methyl sites for hydroxylation is 1. The molecule has 0 aromatic carbocycles. The van der Waals surface area contributed by atoms with Crippen LogP contribution < -0.4 is 0 Å². The Morgan fingerprint density at radius 2 is 2.04 bits per heavy atom. The highest BCUT2D eigenvalue weighted by molar-refractivity contribution is 7.99. The lowest BCUT2D eigenvalue weighted by molar-refractivity contribution is 0.0470. The van der Waals surface area contributed by atoms with Gasteiger partial charge in [0.1, 0.15) is 5.03 Å². The summed E-state index contributed by atoms with van der Waals surface area (Å²) in [5.41, 5.74) is 2.08. The fraction of sp³-hybridized carbons (Fsp3) is 0.421. The molecule has 0 bridgehead atoms. The van der Waals surface area contributed by atoms with Crippen LogP contribution in [0.25, 0.3) is 0 Å². The summed E-state index contributed by atoms with van der Waals surface area (Å²) in [7, 11) is 1.63. The van der Waals surface area contributed by atoms with Gasteiger partial charge >= 0.3 is 5.97 Å². The molecule has 2 aromatic heterocycles. The third-order valence-corrected chi connectivity index (χ3v) is 4.86. The number of rotatable bonds is 10. The van der Waals surface area contributed by atoms with E-state index in [0.717, 1.165) is 17.8 Å². The minimum Gasteiger partial charge on any atom is -0.454 e. The van der Waals surface area contributed by atoms with Crippen molar-refractivity contribution in [2.45, 2.75) is 37.6 Å². The van der Waals surface area contributed by atoms with Gasteiger partial charge in [-0.05, 0) is 50.2 Å². The molecular weight excluding hydrogens is 390 g/mol. The monoisotopic (exact) mass is 412 g/mol. The van der Waals surface area contributed by atoms with Crippen LogP contribution in [0.3, 0.4) is 0 Å². The van der Waals surface area contributed by atoms with Crippen LogP contribution in [0.5, 0.6) is 0 Å². The third-order valence-electron chi connectivity index (χ3n) is 4.13. The Morgan fingerprint density at radius 3 is 2.71 bits per heavy atom. The first-order valence-electron chi connectivity index (χ1n) is 8.61. The highest BCUT2D eigenvalue weighted by Gasteiger charge is 2.21. The maximum absolute atomic E-state index is 12.6. The van der Waals surface area contributed by atoms with Gasteiger partial charge in [0.05, 0.1) is 5.56 Å². The molecule has 2 aromatic rings. The Bertz CT molecular complexity index is 839. The van der Waals surface area contributed by atoms with E-state index in [0.29, 0.717) is 18.7 Å². The lowest BCUT2D eigenvalue weighted by Crippen LogP contribution is -2.16. The van der Waals surface area contributed by atoms with Gasteiger partial charge < -0.3 is 14.0 Å². The Balaban J connectivity index is 2.05. The van der Waals surface area contributed by atoms with E-state index in [1.165, 1.54) is 18.3 Å². The molecule has 0 amide bonds. The number of nitrogens with zero attached hydrogens (tertiary/aromatic N) is 2. The maximum Gasteiger partial charge on any atom is 0.341 e. The van der Waals surface area contributed by atoms with E-state index in [-0.39, 0.29) is 28.1 Å². The zero-order chi connectivity index (χ0) is 20.7. The van der Waals surface area contributed by atoms with Crippen LogP contribution in [0.2, 0.25) is 0 Å². The summed E-state index contributed by atoms with van der Waals surface area (Å²) in [4.78, 5) is 28.5. The number of methoxy groups -OCH3 is 1. The second-order valence-corrected chi connectivity index (χ2v) is 7.00. The van der Waals surface area contributed by atoms with Gasteiger partial charge in [-0.3, -0.25) is 4.79 Å². The molecule has 0 spiro atoms. The number of carbonyl (C=O) groups excluding carboxylic acids is 2. The van der Waals surface area contributed by atoms with Crippen LogP contribution >= 0.6 is 11.8 Å². The number of halogens is 2. The summed E-state index contributed by atoms with van der Waals surface area (Å²) in [6.07, 6.45) is 2.12. The fourth-order valence-corrected chi connectivity index (χ4v) is 3.37. The predicted molar refractivity (Wildman–Crippen MR) is 101 cm³/mol. The van der Waals surface area contributed by atoms with Crippen molar-refractivity contribution >= 4 is 23.5 Å². The second kappa shape index (κ2) is 10.3. The molecule has 0 saturated carbocycles. The zero-order valence-electron chi connectivity index (χ0n) is 15.9. The Hall–Kier alpha value is -2.26. The van der Waals surface area contributed by atoms with Crippen LogP contribution in [0, 0.1) is 13.8 Å². The van der Waals surface area contributed by atoms with Gasteiger partial charge in [0.25, 0.3) is 5.76 Å². The van der Waals surface area contributed by atoms with Crippen molar-refractivity contribution in [3.63, 3.8) is 0 Å². The van der Waals surface area contributed by atoms with Crippen LogP contribution in [-0.4, -0.2) is 47.4 Å². The fourth-order valence-electron chi connectivity index (χ4n) is 2.81. The standard InChI is InChI=1S/C19H22F2N2O4S/c1-12-10-15(13(2)23(12)8-5-9-26-3)16(24)11-27-18(25)14-6-4-7-22-17(14)28-19(20)21/h4,6-7,10,19H,5,8-9,11H2,1-3H3. The van der Waals surface area contributed by atoms with Gasteiger partial charge in [0, 0.05) is 43.4 Å². The largest absolute Gasteiger partial charge is 0.454 e. The van der Waals surface area contributed by atoms with Crippen molar-refractivity contribution in [1.29, 1.82) is 0 Å². The lowest BCUT2D eigenvalue weighted by atomic mass is 10.1. The molecule has 0 aliphatic carbocycles. The van der Waals surface area contributed by atoms with Crippen LogP contribution in [0.15, 0.2) is 29.4 Å². The van der Waals surface area contributed by atoms with E-state index in [1.807, 2.05) is 18.4 Å². The van der Waals surface area contributed by atoms with Crippen LogP contribution in [-0.2, 0) is 16.0 Å². The molecule has 0 radical (unpaired) electrons. The van der Waals surface area contributed by atoms with Crippen molar-refractivity contribution in [1.82, 2.24) is 9.55 Å². The summed E-state index contributed by atoms with van der Waals surface area (Å²) in [5.74, 6) is -3.93. The number of alkyl halides is 2. The molecular formula is C19H22F2N2O4S. The molecule has 0 aliphatic heterocycles. The van der Waals surface area contributed by atoms with E-state index in [1.54, 1.807) is 13.2 Å². The smallest absolute Gasteiger partial charge is 0.341 e. The number of aromatic nitrogens is 2. The van der Waals surface area contributed by atoms with E-state index in [9.17, 15) is 18.4 Å². The minimum absolute atomic E-state index is 0.0920. The predicted octanol–water partition coefficient (Wildman–Crippen LogP) is 3.89. The van der Waals surface area contributed by atoms with Crippen molar-refractivity contribution in [2.75, 3.05) is 20.3 Å². The number of thioether (sulfide) groups is 1. The second-order valence-electron chi connectivity index (χ2n) is 6.02. The van der Waals surface area contributed by atoms with Gasteiger partial charge in [-0.25, -0.2) is 9.78 Å². The van der Waals surface area contributed by atoms with Gasteiger partial charge in [0.2, 0.25) is 5.78 Å².